The lowest BCUT2D eigenvalue weighted by Crippen LogP contribution is -2.59. The number of fused-ring (bicyclic) bond motifs is 3. The molecule has 2 aliphatic heterocycles. The second-order valence-corrected chi connectivity index (χ2v) is 7.32. The number of anilines is 1. The molecule has 2 aromatic rings. The largest absolute Gasteiger partial charge is 0.353 e. The van der Waals surface area contributed by atoms with Crippen LogP contribution in [0.2, 0.25) is 0 Å². The van der Waals surface area contributed by atoms with Gasteiger partial charge in [-0.05, 0) is 37.0 Å². The molecule has 0 unspecified atom stereocenters. The molecular formula is C21H24N2O. The van der Waals surface area contributed by atoms with E-state index in [0.717, 1.165) is 12.8 Å². The van der Waals surface area contributed by atoms with Gasteiger partial charge in [-0.25, -0.2) is 0 Å². The van der Waals surface area contributed by atoms with E-state index in [1.165, 1.54) is 22.4 Å². The summed E-state index contributed by atoms with van der Waals surface area (Å²) in [6.07, 6.45) is 2.60. The number of benzene rings is 2. The van der Waals surface area contributed by atoms with Gasteiger partial charge in [0.05, 0.1) is 0 Å². The number of nitrogens with zero attached hydrogens (tertiary/aromatic N) is 2. The zero-order chi connectivity index (χ0) is 16.9. The number of amides is 1. The Balaban J connectivity index is 1.84. The smallest absolute Gasteiger partial charge is 0.224 e. The average Bonchev–Trinajstić information content (AvgIpc) is 2.84. The highest BCUT2D eigenvalue weighted by molar-refractivity contribution is 5.80. The molecule has 4 rings (SSSR count). The van der Waals surface area contributed by atoms with Crippen molar-refractivity contribution >= 4 is 11.6 Å². The summed E-state index contributed by atoms with van der Waals surface area (Å²) in [5.41, 5.74) is 5.25. The first-order valence-electron chi connectivity index (χ1n) is 8.66. The molecule has 0 aliphatic carbocycles. The van der Waals surface area contributed by atoms with Gasteiger partial charge in [0, 0.05) is 31.6 Å². The van der Waals surface area contributed by atoms with E-state index < -0.39 is 0 Å². The van der Waals surface area contributed by atoms with Gasteiger partial charge in [0.25, 0.3) is 0 Å². The van der Waals surface area contributed by atoms with Crippen molar-refractivity contribution < 1.29 is 4.79 Å². The molecule has 3 heteroatoms. The number of para-hydroxylation sites is 1. The van der Waals surface area contributed by atoms with Crippen molar-refractivity contribution in [2.45, 2.75) is 37.8 Å². The summed E-state index contributed by atoms with van der Waals surface area (Å²) in [7, 11) is 4.08. The lowest BCUT2D eigenvalue weighted by atomic mass is 9.69. The quantitative estimate of drug-likeness (QED) is 0.845. The SMILES string of the molecule is Cc1ccc(C[C@@]23CCC(=O)N(C)[C@@H]2N(C)c2ccccc23)cc1. The van der Waals surface area contributed by atoms with Crippen LogP contribution in [0.1, 0.15) is 29.5 Å². The normalized spacial score (nSPS) is 25.6. The molecule has 0 bridgehead atoms. The van der Waals surface area contributed by atoms with Gasteiger partial charge in [0.15, 0.2) is 0 Å². The van der Waals surface area contributed by atoms with Crippen LogP contribution in [0.15, 0.2) is 48.5 Å². The predicted molar refractivity (Wildman–Crippen MR) is 97.2 cm³/mol. The van der Waals surface area contributed by atoms with Crippen LogP contribution in [0.4, 0.5) is 5.69 Å². The number of aryl methyl sites for hydroxylation is 1. The number of likely N-dealkylation sites (tertiary alicyclic amines) is 1. The van der Waals surface area contributed by atoms with E-state index in [1.54, 1.807) is 0 Å². The van der Waals surface area contributed by atoms with Gasteiger partial charge >= 0.3 is 0 Å². The van der Waals surface area contributed by atoms with E-state index in [2.05, 4.69) is 67.4 Å². The molecule has 0 radical (unpaired) electrons. The number of rotatable bonds is 2. The Kier molecular flexibility index (Phi) is 3.41. The number of likely N-dealkylation sites (N-methyl/N-ethyl adjacent to an activating group) is 2. The van der Waals surface area contributed by atoms with Gasteiger partial charge in [-0.1, -0.05) is 48.0 Å². The Morgan fingerprint density at radius 2 is 1.75 bits per heavy atom. The summed E-state index contributed by atoms with van der Waals surface area (Å²) < 4.78 is 0. The summed E-state index contributed by atoms with van der Waals surface area (Å²) in [6, 6.07) is 17.5. The molecule has 1 fully saturated rings. The molecule has 124 valence electrons. The van der Waals surface area contributed by atoms with E-state index >= 15 is 0 Å². The van der Waals surface area contributed by atoms with Crippen LogP contribution >= 0.6 is 0 Å². The summed E-state index contributed by atoms with van der Waals surface area (Å²) in [5.74, 6) is 0.249. The lowest BCUT2D eigenvalue weighted by molar-refractivity contribution is -0.137. The van der Waals surface area contributed by atoms with Gasteiger partial charge in [0.1, 0.15) is 6.17 Å². The first-order chi connectivity index (χ1) is 11.5. The molecule has 24 heavy (non-hydrogen) atoms. The van der Waals surface area contributed by atoms with Crippen molar-refractivity contribution in [2.24, 2.45) is 0 Å². The zero-order valence-corrected chi connectivity index (χ0v) is 14.6. The van der Waals surface area contributed by atoms with E-state index in [-0.39, 0.29) is 17.5 Å². The number of carbonyl (C=O) groups is 1. The zero-order valence-electron chi connectivity index (χ0n) is 14.6. The molecule has 3 nitrogen and oxygen atoms in total. The van der Waals surface area contributed by atoms with E-state index in [9.17, 15) is 4.79 Å². The van der Waals surface area contributed by atoms with Crippen molar-refractivity contribution in [1.29, 1.82) is 0 Å². The lowest BCUT2D eigenvalue weighted by Gasteiger charge is -2.47. The van der Waals surface area contributed by atoms with Gasteiger partial charge < -0.3 is 9.80 Å². The molecule has 0 spiro atoms. The van der Waals surface area contributed by atoms with E-state index in [1.807, 2.05) is 11.9 Å². The van der Waals surface area contributed by atoms with E-state index in [4.69, 9.17) is 0 Å². The van der Waals surface area contributed by atoms with Crippen LogP contribution in [0.25, 0.3) is 0 Å². The maximum Gasteiger partial charge on any atom is 0.224 e. The molecule has 2 heterocycles. The maximum atomic E-state index is 12.4. The minimum absolute atomic E-state index is 0.0245. The van der Waals surface area contributed by atoms with Crippen molar-refractivity contribution in [3.05, 3.63) is 65.2 Å². The Labute approximate surface area is 143 Å². The highest BCUT2D eigenvalue weighted by Crippen LogP contribution is 2.52. The Morgan fingerprint density at radius 1 is 1.04 bits per heavy atom. The van der Waals surface area contributed by atoms with E-state index in [0.29, 0.717) is 6.42 Å². The molecule has 0 saturated carbocycles. The van der Waals surface area contributed by atoms with Gasteiger partial charge in [0.2, 0.25) is 5.91 Å². The highest BCUT2D eigenvalue weighted by Gasteiger charge is 2.54. The fourth-order valence-corrected chi connectivity index (χ4v) is 4.73. The molecule has 2 aliphatic rings. The first kappa shape index (κ1) is 15.3. The number of hydrogen-bond donors (Lipinski definition) is 0. The number of hydrogen-bond acceptors (Lipinski definition) is 2. The molecule has 0 N–H and O–H groups in total. The number of carbonyl (C=O) groups excluding carboxylic acids is 1. The van der Waals surface area contributed by atoms with Crippen LogP contribution in [-0.4, -0.2) is 31.1 Å². The summed E-state index contributed by atoms with van der Waals surface area (Å²) in [4.78, 5) is 16.6. The van der Waals surface area contributed by atoms with Crippen LogP contribution in [0.3, 0.4) is 0 Å². The molecule has 2 atom stereocenters. The minimum Gasteiger partial charge on any atom is -0.353 e. The summed E-state index contributed by atoms with van der Waals surface area (Å²) in [5, 5.41) is 0. The van der Waals surface area contributed by atoms with Crippen LogP contribution in [-0.2, 0) is 16.6 Å². The molecule has 2 aromatic carbocycles. The second kappa shape index (κ2) is 5.37. The van der Waals surface area contributed by atoms with Crippen LogP contribution in [0, 0.1) is 6.92 Å². The summed E-state index contributed by atoms with van der Waals surface area (Å²) in [6.45, 7) is 2.12. The maximum absolute atomic E-state index is 12.4. The average molecular weight is 320 g/mol. The second-order valence-electron chi connectivity index (χ2n) is 7.32. The van der Waals surface area contributed by atoms with Gasteiger partial charge in [-0.2, -0.15) is 0 Å². The van der Waals surface area contributed by atoms with Crippen molar-refractivity contribution in [2.75, 3.05) is 19.0 Å². The molecule has 1 amide bonds. The van der Waals surface area contributed by atoms with Crippen molar-refractivity contribution in [3.63, 3.8) is 0 Å². The van der Waals surface area contributed by atoms with Gasteiger partial charge in [-0.15, -0.1) is 0 Å². The third kappa shape index (κ3) is 2.07. The fraction of sp³-hybridized carbons (Fsp3) is 0.381. The highest BCUT2D eigenvalue weighted by atomic mass is 16.2. The molecule has 0 aromatic heterocycles. The Morgan fingerprint density at radius 3 is 2.50 bits per heavy atom. The Hall–Kier alpha value is -2.29. The minimum atomic E-state index is -0.0245. The van der Waals surface area contributed by atoms with Gasteiger partial charge in [-0.3, -0.25) is 4.79 Å². The first-order valence-corrected chi connectivity index (χ1v) is 8.66. The van der Waals surface area contributed by atoms with Crippen molar-refractivity contribution in [1.82, 2.24) is 4.90 Å². The third-order valence-electron chi connectivity index (χ3n) is 5.87. The molecule has 1 saturated heterocycles. The topological polar surface area (TPSA) is 23.6 Å². The predicted octanol–water partition coefficient (Wildman–Crippen LogP) is 3.50. The summed E-state index contributed by atoms with van der Waals surface area (Å²) >= 11 is 0. The fourth-order valence-electron chi connectivity index (χ4n) is 4.73. The Bertz CT molecular complexity index is 783. The molecular weight excluding hydrogens is 296 g/mol. The van der Waals surface area contributed by atoms with Crippen LogP contribution in [0.5, 0.6) is 0 Å². The van der Waals surface area contributed by atoms with Crippen molar-refractivity contribution in [3.8, 4) is 0 Å². The monoisotopic (exact) mass is 320 g/mol. The number of piperidine rings is 1. The standard InChI is InChI=1S/C21H24N2O/c1-15-8-10-16(11-9-15)14-21-13-12-19(24)23(3)20(21)22(2)18-7-5-4-6-17(18)21/h4-11,20H,12-14H2,1-3H3/t20-,21+/m0/s1. The van der Waals surface area contributed by atoms with Crippen LogP contribution < -0.4 is 4.90 Å². The third-order valence-corrected chi connectivity index (χ3v) is 5.87.